The van der Waals surface area contributed by atoms with Crippen LogP contribution in [-0.2, 0) is 26.4 Å². The molecule has 204 valence electrons. The number of anilines is 1. The van der Waals surface area contributed by atoms with E-state index in [1.165, 1.54) is 50.9 Å². The van der Waals surface area contributed by atoms with Gasteiger partial charge in [0.2, 0.25) is 10.0 Å². The van der Waals surface area contributed by atoms with Crippen molar-refractivity contribution in [2.75, 3.05) is 17.7 Å². The summed E-state index contributed by atoms with van der Waals surface area (Å²) in [4.78, 5) is 24.4. The van der Waals surface area contributed by atoms with E-state index in [1.54, 1.807) is 30.6 Å². The molecule has 5 rings (SSSR count). The van der Waals surface area contributed by atoms with Gasteiger partial charge in [0.25, 0.3) is 5.91 Å². The van der Waals surface area contributed by atoms with Gasteiger partial charge in [0.05, 0.1) is 26.6 Å². The van der Waals surface area contributed by atoms with Crippen molar-refractivity contribution in [1.82, 2.24) is 14.3 Å². The minimum Gasteiger partial charge on any atom is -0.279 e. The largest absolute Gasteiger partial charge is 0.279 e. The highest BCUT2D eigenvalue weighted by atomic mass is 32.2. The SMILES string of the molecule is CC1CCCCN1S(=O)(=O)c1ccc(C(=O)N(Cc2cccnc2)c2nc3ccc(S(C)(=O)=O)cc3s2)cc1. The molecule has 1 aliphatic rings. The fourth-order valence-electron chi connectivity index (χ4n) is 4.63. The van der Waals surface area contributed by atoms with Crippen LogP contribution in [0, 0.1) is 0 Å². The number of amides is 1. The molecule has 1 amide bonds. The second-order valence-electron chi connectivity index (χ2n) is 9.64. The van der Waals surface area contributed by atoms with Crippen LogP contribution in [0.2, 0.25) is 0 Å². The molecule has 0 spiro atoms. The molecule has 0 radical (unpaired) electrons. The molecule has 2 aromatic heterocycles. The third-order valence-corrected chi connectivity index (χ3v) is 10.9. The number of fused-ring (bicyclic) bond motifs is 1. The van der Waals surface area contributed by atoms with E-state index in [9.17, 15) is 21.6 Å². The first-order valence-electron chi connectivity index (χ1n) is 12.5. The molecular formula is C27H28N4O5S3. The number of piperidine rings is 1. The monoisotopic (exact) mass is 584 g/mol. The molecule has 39 heavy (non-hydrogen) atoms. The fourth-order valence-corrected chi connectivity index (χ4v) is 8.05. The van der Waals surface area contributed by atoms with Crippen molar-refractivity contribution in [3.63, 3.8) is 0 Å². The van der Waals surface area contributed by atoms with Crippen LogP contribution < -0.4 is 4.90 Å². The predicted molar refractivity (Wildman–Crippen MR) is 151 cm³/mol. The quantitative estimate of drug-likeness (QED) is 0.314. The highest BCUT2D eigenvalue weighted by molar-refractivity contribution is 7.90. The van der Waals surface area contributed by atoms with Crippen molar-refractivity contribution in [2.24, 2.45) is 0 Å². The van der Waals surface area contributed by atoms with Crippen LogP contribution >= 0.6 is 11.3 Å². The van der Waals surface area contributed by atoms with Crippen LogP contribution in [0.5, 0.6) is 0 Å². The van der Waals surface area contributed by atoms with Crippen LogP contribution in [0.15, 0.2) is 76.8 Å². The van der Waals surface area contributed by atoms with Crippen molar-refractivity contribution >= 4 is 52.5 Å². The lowest BCUT2D eigenvalue weighted by Crippen LogP contribution is -2.41. The Balaban J connectivity index is 1.49. The molecule has 1 unspecified atom stereocenters. The second-order valence-corrected chi connectivity index (χ2v) is 14.6. The summed E-state index contributed by atoms with van der Waals surface area (Å²) in [7, 11) is -7.07. The Morgan fingerprint density at radius 3 is 2.46 bits per heavy atom. The van der Waals surface area contributed by atoms with E-state index in [4.69, 9.17) is 0 Å². The van der Waals surface area contributed by atoms with Crippen LogP contribution in [0.1, 0.15) is 42.1 Å². The van der Waals surface area contributed by atoms with E-state index in [2.05, 4.69) is 9.97 Å². The number of benzene rings is 2. The molecule has 9 nitrogen and oxygen atoms in total. The zero-order valence-corrected chi connectivity index (χ0v) is 24.0. The molecule has 12 heteroatoms. The predicted octanol–water partition coefficient (Wildman–Crippen LogP) is 4.50. The fraction of sp³-hybridized carbons (Fsp3) is 0.296. The number of carbonyl (C=O) groups is 1. The van der Waals surface area contributed by atoms with Gasteiger partial charge in [-0.15, -0.1) is 0 Å². The molecule has 0 bridgehead atoms. The molecule has 4 aromatic rings. The van der Waals surface area contributed by atoms with Gasteiger partial charge in [0.15, 0.2) is 15.0 Å². The Hall–Kier alpha value is -3.19. The maximum atomic E-state index is 13.8. The van der Waals surface area contributed by atoms with Gasteiger partial charge in [-0.25, -0.2) is 21.8 Å². The molecule has 1 fully saturated rings. The van der Waals surface area contributed by atoms with Gasteiger partial charge in [-0.3, -0.25) is 14.7 Å². The molecule has 0 saturated carbocycles. The third kappa shape index (κ3) is 5.74. The minimum absolute atomic E-state index is 0.0673. The number of hydrogen-bond acceptors (Lipinski definition) is 8. The molecule has 3 heterocycles. The number of sulfonamides is 1. The Morgan fingerprint density at radius 1 is 1.05 bits per heavy atom. The summed E-state index contributed by atoms with van der Waals surface area (Å²) in [5, 5.41) is 0.392. The topological polar surface area (TPSA) is 118 Å². The van der Waals surface area contributed by atoms with E-state index < -0.39 is 19.9 Å². The lowest BCUT2D eigenvalue weighted by atomic mass is 10.1. The average molecular weight is 585 g/mol. The summed E-state index contributed by atoms with van der Waals surface area (Å²) < 4.78 is 52.7. The highest BCUT2D eigenvalue weighted by Gasteiger charge is 2.31. The van der Waals surface area contributed by atoms with Crippen molar-refractivity contribution in [2.45, 2.75) is 48.6 Å². The Bertz CT molecular complexity index is 1720. The summed E-state index contributed by atoms with van der Waals surface area (Å²) >= 11 is 1.21. The van der Waals surface area contributed by atoms with E-state index in [1.807, 2.05) is 13.0 Å². The van der Waals surface area contributed by atoms with E-state index in [0.717, 1.165) is 31.1 Å². The molecule has 1 aliphatic heterocycles. The van der Waals surface area contributed by atoms with Gasteiger partial charge in [0.1, 0.15) is 0 Å². The van der Waals surface area contributed by atoms with Crippen molar-refractivity contribution in [3.05, 3.63) is 78.1 Å². The van der Waals surface area contributed by atoms with E-state index in [-0.39, 0.29) is 28.3 Å². The number of sulfone groups is 1. The van der Waals surface area contributed by atoms with Crippen LogP contribution in [-0.4, -0.2) is 55.9 Å². The molecular weight excluding hydrogens is 557 g/mol. The molecule has 1 saturated heterocycles. The molecule has 0 N–H and O–H groups in total. The van der Waals surface area contributed by atoms with Gasteiger partial charge in [-0.05, 0) is 73.9 Å². The van der Waals surface area contributed by atoms with Crippen LogP contribution in [0.4, 0.5) is 5.13 Å². The number of hydrogen-bond donors (Lipinski definition) is 0. The van der Waals surface area contributed by atoms with Gasteiger partial charge in [-0.1, -0.05) is 23.8 Å². The first kappa shape index (κ1) is 27.4. The lowest BCUT2D eigenvalue weighted by molar-refractivity contribution is 0.0985. The zero-order chi connectivity index (χ0) is 27.8. The first-order valence-corrected chi connectivity index (χ1v) is 16.6. The standard InChI is InChI=1S/C27H28N4O5S3/c1-19-6-3-4-15-31(19)39(35,36)22-10-8-21(9-11-22)26(32)30(18-20-7-5-14-28-17-20)27-29-24-13-12-23(38(2,33)34)16-25(24)37-27/h5,7-14,16-17,19H,3-4,6,15,18H2,1-2H3. The number of rotatable bonds is 7. The number of nitrogens with zero attached hydrogens (tertiary/aromatic N) is 4. The highest BCUT2D eigenvalue weighted by Crippen LogP contribution is 2.33. The molecule has 2 aromatic carbocycles. The summed E-state index contributed by atoms with van der Waals surface area (Å²) in [6.07, 6.45) is 7.11. The number of pyridine rings is 1. The average Bonchev–Trinajstić information content (AvgIpc) is 3.35. The first-order chi connectivity index (χ1) is 18.5. The van der Waals surface area contributed by atoms with E-state index >= 15 is 0 Å². The number of thiazole rings is 1. The Labute approximate surface area is 232 Å². The third-order valence-electron chi connectivity index (χ3n) is 6.77. The number of aromatic nitrogens is 2. The van der Waals surface area contributed by atoms with Crippen molar-refractivity contribution in [1.29, 1.82) is 0 Å². The Kier molecular flexibility index (Phi) is 7.55. The number of carbonyl (C=O) groups excluding carboxylic acids is 1. The van der Waals surface area contributed by atoms with Crippen LogP contribution in [0.25, 0.3) is 10.2 Å². The van der Waals surface area contributed by atoms with Crippen LogP contribution in [0.3, 0.4) is 0 Å². The maximum absolute atomic E-state index is 13.8. The summed E-state index contributed by atoms with van der Waals surface area (Å²) in [5.74, 6) is -0.364. The smallest absolute Gasteiger partial charge is 0.260 e. The normalized spacial score (nSPS) is 16.8. The zero-order valence-electron chi connectivity index (χ0n) is 21.5. The summed E-state index contributed by atoms with van der Waals surface area (Å²) in [6, 6.07) is 14.2. The van der Waals surface area contributed by atoms with Gasteiger partial charge < -0.3 is 0 Å². The van der Waals surface area contributed by atoms with Gasteiger partial charge >= 0.3 is 0 Å². The van der Waals surface area contributed by atoms with Crippen molar-refractivity contribution in [3.8, 4) is 0 Å². The maximum Gasteiger partial charge on any atom is 0.260 e. The Morgan fingerprint density at radius 2 is 1.79 bits per heavy atom. The molecule has 0 aliphatic carbocycles. The van der Waals surface area contributed by atoms with Gasteiger partial charge in [0, 0.05) is 36.8 Å². The second kappa shape index (κ2) is 10.8. The van der Waals surface area contributed by atoms with Crippen molar-refractivity contribution < 1.29 is 21.6 Å². The van der Waals surface area contributed by atoms with Gasteiger partial charge in [-0.2, -0.15) is 4.31 Å². The lowest BCUT2D eigenvalue weighted by Gasteiger charge is -2.32. The minimum atomic E-state index is -3.67. The molecule has 1 atom stereocenters. The summed E-state index contributed by atoms with van der Waals surface area (Å²) in [5.41, 5.74) is 1.66. The van der Waals surface area contributed by atoms with E-state index in [0.29, 0.717) is 27.5 Å². The summed E-state index contributed by atoms with van der Waals surface area (Å²) in [6.45, 7) is 2.58.